The summed E-state index contributed by atoms with van der Waals surface area (Å²) in [5.41, 5.74) is 2.81. The van der Waals surface area contributed by atoms with Crippen molar-refractivity contribution in [3.8, 4) is 22.9 Å². The van der Waals surface area contributed by atoms with Gasteiger partial charge in [0.2, 0.25) is 0 Å². The molecule has 12 nitrogen and oxygen atoms in total. The molecule has 0 saturated carbocycles. The zero-order valence-corrected chi connectivity index (χ0v) is 47.1. The number of aromatic nitrogens is 8. The predicted octanol–water partition coefficient (Wildman–Crippen LogP) is 15.6. The van der Waals surface area contributed by atoms with Gasteiger partial charge in [-0.2, -0.15) is 0 Å². The van der Waals surface area contributed by atoms with E-state index in [1.807, 2.05) is 123 Å². The first-order valence-corrected chi connectivity index (χ1v) is 28.6. The Balaban J connectivity index is 0.000000203. The number of hydrogen-bond acceptors (Lipinski definition) is 8. The van der Waals surface area contributed by atoms with Crippen LogP contribution in [0.4, 0.5) is 0 Å². The molecule has 0 bridgehead atoms. The second kappa shape index (κ2) is 31.5. The number of H-pyrrole nitrogens is 1. The van der Waals surface area contributed by atoms with E-state index >= 15 is 0 Å². The van der Waals surface area contributed by atoms with Crippen LogP contribution in [0.5, 0.6) is 11.5 Å². The van der Waals surface area contributed by atoms with Gasteiger partial charge in [-0.3, -0.25) is 18.7 Å². The topological polar surface area (TPSA) is 135 Å². The molecule has 0 fully saturated rings. The Morgan fingerprint density at radius 3 is 1.43 bits per heavy atom. The Morgan fingerprint density at radius 2 is 0.973 bits per heavy atom. The van der Waals surface area contributed by atoms with Gasteiger partial charge in [0.15, 0.2) is 0 Å². The van der Waals surface area contributed by atoms with Crippen molar-refractivity contribution < 1.29 is 9.47 Å². The molecule has 8 aromatic rings. The van der Waals surface area contributed by atoms with E-state index in [1.54, 1.807) is 29.4 Å². The number of alkyl halides is 1. The van der Waals surface area contributed by atoms with Gasteiger partial charge >= 0.3 is 0 Å². The summed E-state index contributed by atoms with van der Waals surface area (Å²) in [7, 11) is 3.26. The van der Waals surface area contributed by atoms with E-state index in [-0.39, 0.29) is 22.0 Å². The Labute approximate surface area is 453 Å². The molecular formula is C62H81BrN8O4. The van der Waals surface area contributed by atoms with Crippen molar-refractivity contribution in [2.75, 3.05) is 14.2 Å². The molecule has 2 unspecified atom stereocenters. The first-order valence-electron chi connectivity index (χ1n) is 27.6. The quantitative estimate of drug-likeness (QED) is 0.0397. The van der Waals surface area contributed by atoms with Gasteiger partial charge in [-0.25, -0.2) is 19.9 Å². The molecule has 2 atom stereocenters. The molecule has 0 amide bonds. The third-order valence-electron chi connectivity index (χ3n) is 13.7. The maximum absolute atomic E-state index is 13.7. The standard InChI is InChI=1S/C31H40N4O2.C17H15BrN2O2.C14H26N2/c1-4-5-6-7-8-9-10-11-12-17-29-32-22-23-34(29)24(2)30-33-28-16-14-13-15-27(28)31(36)35(30)25-18-20-26(37-3)21-19-25;1-11(18)16-19-15-6-4-3-5-14(15)17(21)20(16)12-7-9-13(22-2)10-8-12;1-2-3-4-5-6-7-8-9-10-11-14-15-12-13-16-14/h13-16,18-24H,4-12,17H2,1-3H3;3-11H,1-2H3;12-13H,2-11H2,1H3,(H,15,16). The number of nitrogens with zero attached hydrogens (tertiary/aromatic N) is 7. The van der Waals surface area contributed by atoms with Gasteiger partial charge in [0, 0.05) is 37.6 Å². The average molecular weight is 1080 g/mol. The smallest absolute Gasteiger partial charge is 0.266 e. The first kappa shape index (κ1) is 57.9. The Hall–Kier alpha value is -6.34. The zero-order chi connectivity index (χ0) is 53.2. The molecule has 0 aliphatic heterocycles. The molecule has 8 rings (SSSR count). The number of aryl methyl sites for hydroxylation is 2. The maximum Gasteiger partial charge on any atom is 0.266 e. The fourth-order valence-electron chi connectivity index (χ4n) is 9.45. The van der Waals surface area contributed by atoms with E-state index in [1.165, 1.54) is 109 Å². The first-order chi connectivity index (χ1) is 36.7. The lowest BCUT2D eigenvalue weighted by Gasteiger charge is -2.21. The lowest BCUT2D eigenvalue weighted by atomic mass is 10.1. The molecule has 75 heavy (non-hydrogen) atoms. The summed E-state index contributed by atoms with van der Waals surface area (Å²) in [6.07, 6.45) is 33.9. The zero-order valence-electron chi connectivity index (χ0n) is 45.5. The largest absolute Gasteiger partial charge is 0.497 e. The minimum absolute atomic E-state index is 0.0492. The van der Waals surface area contributed by atoms with Crippen LogP contribution in [0, 0.1) is 0 Å². The minimum atomic E-state index is -0.157. The summed E-state index contributed by atoms with van der Waals surface area (Å²) in [5.74, 6) is 5.05. The van der Waals surface area contributed by atoms with Crippen LogP contribution in [0.15, 0.2) is 131 Å². The van der Waals surface area contributed by atoms with Crippen LogP contribution in [0.25, 0.3) is 33.2 Å². The molecule has 1 N–H and O–H groups in total. The summed E-state index contributed by atoms with van der Waals surface area (Å²) >= 11 is 3.53. The summed E-state index contributed by atoms with van der Waals surface area (Å²) in [5, 5.41) is 1.21. The van der Waals surface area contributed by atoms with Crippen LogP contribution in [0.2, 0.25) is 0 Å². The van der Waals surface area contributed by atoms with Crippen molar-refractivity contribution in [1.82, 2.24) is 38.6 Å². The van der Waals surface area contributed by atoms with Crippen LogP contribution in [-0.2, 0) is 12.8 Å². The molecule has 0 radical (unpaired) electrons. The van der Waals surface area contributed by atoms with Crippen molar-refractivity contribution in [2.45, 2.75) is 167 Å². The highest BCUT2D eigenvalue weighted by molar-refractivity contribution is 9.09. The fourth-order valence-corrected chi connectivity index (χ4v) is 9.76. The number of para-hydroxylation sites is 2. The van der Waals surface area contributed by atoms with Crippen molar-refractivity contribution >= 4 is 37.7 Å². The molecular weight excluding hydrogens is 1000 g/mol. The number of rotatable bonds is 27. The lowest BCUT2D eigenvalue weighted by molar-refractivity contribution is 0.414. The van der Waals surface area contributed by atoms with Gasteiger partial charge in [0.05, 0.1) is 58.3 Å². The number of hydrogen-bond donors (Lipinski definition) is 1. The van der Waals surface area contributed by atoms with Gasteiger partial charge in [0.25, 0.3) is 11.1 Å². The summed E-state index contributed by atoms with van der Waals surface area (Å²) < 4.78 is 16.0. The Bertz CT molecular complexity index is 3000. The summed E-state index contributed by atoms with van der Waals surface area (Å²) in [6.45, 7) is 8.59. The number of unbranched alkanes of at least 4 members (excludes halogenated alkanes) is 16. The van der Waals surface area contributed by atoms with Crippen LogP contribution < -0.4 is 20.6 Å². The molecule has 0 aliphatic carbocycles. The SMILES string of the molecule is CCCCCCCCCCCc1ncc[nH]1.CCCCCCCCCCCc1nccn1C(C)c1nc2ccccc2c(=O)n1-c1ccc(OC)cc1.COc1ccc(-n2c(C(C)Br)nc3ccccc3c2=O)cc1. The molecule has 0 saturated heterocycles. The third-order valence-corrected chi connectivity index (χ3v) is 14.1. The van der Waals surface area contributed by atoms with Crippen LogP contribution in [0.1, 0.15) is 177 Å². The number of ether oxygens (including phenoxy) is 2. The average Bonchev–Trinajstić information content (AvgIpc) is 4.16. The predicted molar refractivity (Wildman–Crippen MR) is 312 cm³/mol. The van der Waals surface area contributed by atoms with Crippen LogP contribution in [0.3, 0.4) is 0 Å². The van der Waals surface area contributed by atoms with Crippen molar-refractivity contribution in [3.05, 3.63) is 166 Å². The Kier molecular flexibility index (Phi) is 24.3. The third kappa shape index (κ3) is 17.1. The van der Waals surface area contributed by atoms with E-state index < -0.39 is 0 Å². The molecule has 0 aliphatic rings. The highest BCUT2D eigenvalue weighted by atomic mass is 79.9. The monoisotopic (exact) mass is 1080 g/mol. The van der Waals surface area contributed by atoms with E-state index in [2.05, 4.69) is 61.2 Å². The van der Waals surface area contributed by atoms with Gasteiger partial charge in [-0.1, -0.05) is 157 Å². The number of benzene rings is 4. The molecule has 0 spiro atoms. The highest BCUT2D eigenvalue weighted by Gasteiger charge is 2.21. The molecule has 400 valence electrons. The molecule has 13 heteroatoms. The number of imidazole rings is 2. The summed E-state index contributed by atoms with van der Waals surface area (Å²) in [6, 6.07) is 29.7. The molecule has 4 heterocycles. The van der Waals surface area contributed by atoms with Crippen LogP contribution in [-0.4, -0.2) is 52.8 Å². The maximum atomic E-state index is 13.7. The number of aromatic amines is 1. The van der Waals surface area contributed by atoms with E-state index in [4.69, 9.17) is 14.5 Å². The number of methoxy groups -OCH3 is 2. The highest BCUT2D eigenvalue weighted by Crippen LogP contribution is 2.26. The number of halogens is 1. The summed E-state index contributed by atoms with van der Waals surface area (Å²) in [4.78, 5) is 48.2. The van der Waals surface area contributed by atoms with Gasteiger partial charge in [-0.05, 0) is 99.5 Å². The van der Waals surface area contributed by atoms with E-state index in [0.717, 1.165) is 53.8 Å². The van der Waals surface area contributed by atoms with Crippen molar-refractivity contribution in [3.63, 3.8) is 0 Å². The van der Waals surface area contributed by atoms with Crippen molar-refractivity contribution in [2.24, 2.45) is 0 Å². The lowest BCUT2D eigenvalue weighted by Crippen LogP contribution is -2.27. The normalized spacial score (nSPS) is 11.9. The van der Waals surface area contributed by atoms with Gasteiger partial charge in [-0.15, -0.1) is 0 Å². The van der Waals surface area contributed by atoms with E-state index in [9.17, 15) is 9.59 Å². The Morgan fingerprint density at radius 1 is 0.533 bits per heavy atom. The number of nitrogens with one attached hydrogen (secondary N) is 1. The fraction of sp³-hybridized carbons (Fsp3) is 0.452. The molecule has 4 aromatic heterocycles. The molecule has 4 aromatic carbocycles. The van der Waals surface area contributed by atoms with Gasteiger partial charge in [0.1, 0.15) is 34.8 Å². The second-order valence-corrected chi connectivity index (χ2v) is 20.8. The van der Waals surface area contributed by atoms with Crippen LogP contribution >= 0.6 is 15.9 Å². The second-order valence-electron chi connectivity index (χ2n) is 19.4. The number of fused-ring (bicyclic) bond motifs is 2. The minimum Gasteiger partial charge on any atom is -0.497 e. The van der Waals surface area contributed by atoms with E-state index in [0.29, 0.717) is 33.5 Å². The van der Waals surface area contributed by atoms with Crippen molar-refractivity contribution in [1.29, 1.82) is 0 Å². The van der Waals surface area contributed by atoms with Gasteiger partial charge < -0.3 is 19.0 Å².